The molecular weight excluding hydrogens is 286 g/mol. The van der Waals surface area contributed by atoms with Crippen LogP contribution in [0.5, 0.6) is 0 Å². The Morgan fingerprint density at radius 1 is 1.33 bits per heavy atom. The minimum absolute atomic E-state index is 0.214. The van der Waals surface area contributed by atoms with E-state index >= 15 is 0 Å². The van der Waals surface area contributed by atoms with Gasteiger partial charge in [0.1, 0.15) is 11.9 Å². The van der Waals surface area contributed by atoms with Gasteiger partial charge in [-0.3, -0.25) is 4.79 Å². The number of thioether (sulfide) groups is 1. The number of aldehydes is 1. The van der Waals surface area contributed by atoms with Crippen molar-refractivity contribution in [3.05, 3.63) is 22.6 Å². The van der Waals surface area contributed by atoms with E-state index in [0.717, 1.165) is 43.5 Å². The second kappa shape index (κ2) is 6.69. The number of allylic oxidation sites excluding steroid dienone is 3. The van der Waals surface area contributed by atoms with Crippen LogP contribution in [-0.4, -0.2) is 41.7 Å². The highest BCUT2D eigenvalue weighted by Gasteiger charge is 2.28. The first-order valence-electron chi connectivity index (χ1n) is 7.36. The first-order chi connectivity index (χ1) is 9.89. The van der Waals surface area contributed by atoms with Gasteiger partial charge in [-0.1, -0.05) is 12.2 Å². The monoisotopic (exact) mass is 309 g/mol. The number of hydrogen-bond acceptors (Lipinski definition) is 4. The van der Waals surface area contributed by atoms with Gasteiger partial charge in [0, 0.05) is 24.4 Å². The summed E-state index contributed by atoms with van der Waals surface area (Å²) in [5.74, 6) is 1.26. The molecule has 0 aromatic carbocycles. The van der Waals surface area contributed by atoms with Gasteiger partial charge in [-0.2, -0.15) is 0 Å². The van der Waals surface area contributed by atoms with Crippen LogP contribution in [0.1, 0.15) is 33.6 Å². The minimum atomic E-state index is -0.439. The summed E-state index contributed by atoms with van der Waals surface area (Å²) in [5, 5.41) is 0. The fourth-order valence-electron chi connectivity index (χ4n) is 2.45. The largest absolute Gasteiger partial charge is 0.444 e. The van der Waals surface area contributed by atoms with Gasteiger partial charge >= 0.3 is 6.09 Å². The lowest BCUT2D eigenvalue weighted by Crippen LogP contribution is -2.41. The average molecular weight is 309 g/mol. The third-order valence-corrected chi connectivity index (χ3v) is 4.85. The van der Waals surface area contributed by atoms with Gasteiger partial charge < -0.3 is 9.64 Å². The van der Waals surface area contributed by atoms with Gasteiger partial charge in [0.15, 0.2) is 0 Å². The molecule has 2 heterocycles. The van der Waals surface area contributed by atoms with Crippen molar-refractivity contribution in [1.29, 1.82) is 0 Å². The van der Waals surface area contributed by atoms with Crippen LogP contribution in [-0.2, 0) is 9.53 Å². The van der Waals surface area contributed by atoms with E-state index in [-0.39, 0.29) is 6.09 Å². The topological polar surface area (TPSA) is 46.6 Å². The minimum Gasteiger partial charge on any atom is -0.444 e. The van der Waals surface area contributed by atoms with E-state index in [1.165, 1.54) is 4.91 Å². The fourth-order valence-corrected chi connectivity index (χ4v) is 3.59. The summed E-state index contributed by atoms with van der Waals surface area (Å²) in [6.07, 6.45) is 6.61. The standard InChI is InChI=1S/C16H23NO3S/c1-16(2,3)20-15(19)17-8-6-13(7-9-17)14-5-4-12(10-18)11-21-14/h4-5,10,13H,6-9,11H2,1-3H3. The average Bonchev–Trinajstić information content (AvgIpc) is 2.46. The quantitative estimate of drug-likeness (QED) is 0.734. The molecule has 1 saturated heterocycles. The Bertz CT molecular complexity index is 468. The van der Waals surface area contributed by atoms with Crippen molar-refractivity contribution in [2.45, 2.75) is 39.2 Å². The predicted molar refractivity (Wildman–Crippen MR) is 85.2 cm³/mol. The van der Waals surface area contributed by atoms with Crippen molar-refractivity contribution < 1.29 is 14.3 Å². The maximum atomic E-state index is 12.0. The van der Waals surface area contributed by atoms with Crippen molar-refractivity contribution in [3.8, 4) is 0 Å². The van der Waals surface area contributed by atoms with E-state index in [2.05, 4.69) is 6.08 Å². The van der Waals surface area contributed by atoms with Crippen LogP contribution in [0.25, 0.3) is 0 Å². The summed E-state index contributed by atoms with van der Waals surface area (Å²) in [6, 6.07) is 0. The highest BCUT2D eigenvalue weighted by Crippen LogP contribution is 2.35. The molecule has 1 amide bonds. The van der Waals surface area contributed by atoms with Gasteiger partial charge in [0.2, 0.25) is 0 Å². The Balaban J connectivity index is 1.86. The van der Waals surface area contributed by atoms with Crippen molar-refractivity contribution in [2.24, 2.45) is 5.92 Å². The Hall–Kier alpha value is -1.23. The molecule has 2 aliphatic heterocycles. The fraction of sp³-hybridized carbons (Fsp3) is 0.625. The number of likely N-dealkylation sites (tertiary alicyclic amines) is 1. The van der Waals surface area contributed by atoms with Crippen LogP contribution in [0.3, 0.4) is 0 Å². The molecular formula is C16H23NO3S. The lowest BCUT2D eigenvalue weighted by Gasteiger charge is -2.34. The van der Waals surface area contributed by atoms with Gasteiger partial charge in [-0.25, -0.2) is 4.79 Å². The number of rotatable bonds is 2. The van der Waals surface area contributed by atoms with Crippen LogP contribution in [0.15, 0.2) is 22.6 Å². The van der Waals surface area contributed by atoms with Gasteiger partial charge in [0.05, 0.1) is 0 Å². The first kappa shape index (κ1) is 16.1. The third kappa shape index (κ3) is 4.63. The van der Waals surface area contributed by atoms with Gasteiger partial charge in [0.25, 0.3) is 0 Å². The smallest absolute Gasteiger partial charge is 0.410 e. The van der Waals surface area contributed by atoms with Crippen LogP contribution in [0, 0.1) is 5.92 Å². The normalized spacial score (nSPS) is 20.6. The molecule has 0 atom stereocenters. The van der Waals surface area contributed by atoms with Crippen molar-refractivity contribution in [3.63, 3.8) is 0 Å². The maximum Gasteiger partial charge on any atom is 0.410 e. The number of carbonyl (C=O) groups is 2. The second-order valence-corrected chi connectivity index (χ2v) is 7.51. The summed E-state index contributed by atoms with van der Waals surface area (Å²) in [7, 11) is 0. The molecule has 0 unspecified atom stereocenters. The third-order valence-electron chi connectivity index (χ3n) is 3.57. The van der Waals surface area contributed by atoms with Crippen LogP contribution in [0.4, 0.5) is 4.79 Å². The number of nitrogens with zero attached hydrogens (tertiary/aromatic N) is 1. The summed E-state index contributed by atoms with van der Waals surface area (Å²) in [5.41, 5.74) is 0.404. The molecule has 0 N–H and O–H groups in total. The lowest BCUT2D eigenvalue weighted by atomic mass is 9.96. The molecule has 0 radical (unpaired) electrons. The Kier molecular flexibility index (Phi) is 5.14. The number of amides is 1. The van der Waals surface area contributed by atoms with Gasteiger partial charge in [-0.05, 0) is 44.4 Å². The molecule has 0 aliphatic carbocycles. The molecule has 4 nitrogen and oxygen atoms in total. The number of piperidine rings is 1. The highest BCUT2D eigenvalue weighted by atomic mass is 32.2. The highest BCUT2D eigenvalue weighted by molar-refractivity contribution is 8.03. The number of carbonyl (C=O) groups excluding carboxylic acids is 2. The Labute approximate surface area is 130 Å². The second-order valence-electron chi connectivity index (χ2n) is 6.46. The van der Waals surface area contributed by atoms with Crippen LogP contribution < -0.4 is 0 Å². The van der Waals surface area contributed by atoms with Gasteiger partial charge in [-0.15, -0.1) is 11.8 Å². The van der Waals surface area contributed by atoms with Crippen molar-refractivity contribution >= 4 is 24.1 Å². The van der Waals surface area contributed by atoms with Crippen molar-refractivity contribution in [1.82, 2.24) is 4.90 Å². The first-order valence-corrected chi connectivity index (χ1v) is 8.34. The summed E-state index contributed by atoms with van der Waals surface area (Å²) >= 11 is 1.75. The summed E-state index contributed by atoms with van der Waals surface area (Å²) in [4.78, 5) is 25.9. The van der Waals surface area contributed by atoms with E-state index in [4.69, 9.17) is 4.74 Å². The molecule has 116 valence electrons. The zero-order chi connectivity index (χ0) is 15.5. The van der Waals surface area contributed by atoms with E-state index in [1.807, 2.05) is 26.8 Å². The zero-order valence-corrected chi connectivity index (χ0v) is 13.7. The van der Waals surface area contributed by atoms with Crippen molar-refractivity contribution in [2.75, 3.05) is 18.8 Å². The predicted octanol–water partition coefficient (Wildman–Crippen LogP) is 3.39. The molecule has 2 rings (SSSR count). The van der Waals surface area contributed by atoms with E-state index < -0.39 is 5.60 Å². The molecule has 5 heteroatoms. The Morgan fingerprint density at radius 3 is 2.48 bits per heavy atom. The van der Waals surface area contributed by atoms with E-state index in [1.54, 1.807) is 16.7 Å². The molecule has 1 fully saturated rings. The SMILES string of the molecule is CC(C)(C)OC(=O)N1CCC(C2=CC=C(C=O)CS2)CC1. The zero-order valence-electron chi connectivity index (χ0n) is 12.9. The summed E-state index contributed by atoms with van der Waals surface area (Å²) in [6.45, 7) is 7.14. The molecule has 0 bridgehead atoms. The molecule has 0 spiro atoms. The Morgan fingerprint density at radius 2 is 2.00 bits per heavy atom. The lowest BCUT2D eigenvalue weighted by molar-refractivity contribution is -0.104. The van der Waals surface area contributed by atoms with Crippen LogP contribution in [0.2, 0.25) is 0 Å². The maximum absolute atomic E-state index is 12.0. The summed E-state index contributed by atoms with van der Waals surface area (Å²) < 4.78 is 5.41. The van der Waals surface area contributed by atoms with E-state index in [9.17, 15) is 9.59 Å². The molecule has 0 aromatic heterocycles. The van der Waals surface area contributed by atoms with Crippen LogP contribution >= 0.6 is 11.8 Å². The molecule has 21 heavy (non-hydrogen) atoms. The molecule has 0 aromatic rings. The molecule has 2 aliphatic rings. The van der Waals surface area contributed by atoms with E-state index in [0.29, 0.717) is 5.92 Å². The number of hydrogen-bond donors (Lipinski definition) is 0. The number of ether oxygens (including phenoxy) is 1. The molecule has 0 saturated carbocycles.